The van der Waals surface area contributed by atoms with Crippen molar-refractivity contribution in [2.45, 2.75) is 26.6 Å². The fourth-order valence-electron chi connectivity index (χ4n) is 1.44. The van der Waals surface area contributed by atoms with Crippen molar-refractivity contribution in [1.29, 1.82) is 0 Å². The topological polar surface area (TPSA) is 53.7 Å². The maximum absolute atomic E-state index is 5.68. The van der Waals surface area contributed by atoms with E-state index in [9.17, 15) is 0 Å². The van der Waals surface area contributed by atoms with Crippen LogP contribution in [0, 0.1) is 0 Å². The van der Waals surface area contributed by atoms with E-state index in [2.05, 4.69) is 0 Å². The molecule has 0 radical (unpaired) electrons. The van der Waals surface area contributed by atoms with Gasteiger partial charge in [-0.05, 0) is 19.9 Å². The van der Waals surface area contributed by atoms with E-state index in [1.807, 2.05) is 26.0 Å². The van der Waals surface area contributed by atoms with E-state index in [4.69, 9.17) is 19.9 Å². The largest absolute Gasteiger partial charge is 0.496 e. The Morgan fingerprint density at radius 1 is 1.35 bits per heavy atom. The highest BCUT2D eigenvalue weighted by molar-refractivity contribution is 5.48. The lowest BCUT2D eigenvalue weighted by molar-refractivity contribution is -0.0121. The van der Waals surface area contributed by atoms with E-state index >= 15 is 0 Å². The van der Waals surface area contributed by atoms with Crippen LogP contribution in [0.2, 0.25) is 0 Å². The minimum absolute atomic E-state index is 0.0669. The summed E-state index contributed by atoms with van der Waals surface area (Å²) in [6.07, 6.45) is 0.0669. The van der Waals surface area contributed by atoms with Gasteiger partial charge in [0.25, 0.3) is 0 Å². The molecule has 0 aliphatic heterocycles. The second-order valence-corrected chi connectivity index (χ2v) is 3.85. The Bertz CT molecular complexity index is 341. The van der Waals surface area contributed by atoms with Gasteiger partial charge in [-0.3, -0.25) is 0 Å². The van der Waals surface area contributed by atoms with Gasteiger partial charge in [-0.2, -0.15) is 0 Å². The van der Waals surface area contributed by atoms with Crippen LogP contribution in [0.4, 0.5) is 5.69 Å². The number of hydrogen-bond acceptors (Lipinski definition) is 4. The van der Waals surface area contributed by atoms with Gasteiger partial charge in [0.2, 0.25) is 0 Å². The molecule has 1 rings (SSSR count). The van der Waals surface area contributed by atoms with Gasteiger partial charge in [0.05, 0.1) is 26.4 Å². The standard InChI is InChI=1S/C13H21NO3/c1-4-16-8-10(2)17-9-11-5-6-12(14)7-13(11)15-3/h5-7,10H,4,8-9,14H2,1-3H3. The summed E-state index contributed by atoms with van der Waals surface area (Å²) in [5.41, 5.74) is 7.36. The zero-order valence-corrected chi connectivity index (χ0v) is 10.7. The second kappa shape index (κ2) is 7.14. The summed E-state index contributed by atoms with van der Waals surface area (Å²) in [6.45, 7) is 5.76. The number of nitrogen functional groups attached to an aromatic ring is 1. The van der Waals surface area contributed by atoms with Crippen molar-refractivity contribution in [1.82, 2.24) is 0 Å². The molecule has 4 nitrogen and oxygen atoms in total. The molecule has 0 heterocycles. The SMILES string of the molecule is CCOCC(C)OCc1ccc(N)cc1OC. The van der Waals surface area contributed by atoms with Gasteiger partial charge in [-0.1, -0.05) is 6.07 Å². The molecule has 1 unspecified atom stereocenters. The van der Waals surface area contributed by atoms with Crippen molar-refractivity contribution in [3.63, 3.8) is 0 Å². The van der Waals surface area contributed by atoms with Crippen LogP contribution in [0.3, 0.4) is 0 Å². The van der Waals surface area contributed by atoms with E-state index in [1.54, 1.807) is 13.2 Å². The zero-order valence-electron chi connectivity index (χ0n) is 10.7. The Morgan fingerprint density at radius 3 is 2.76 bits per heavy atom. The molecule has 96 valence electrons. The highest BCUT2D eigenvalue weighted by Gasteiger charge is 2.07. The van der Waals surface area contributed by atoms with Crippen LogP contribution in [0.25, 0.3) is 0 Å². The van der Waals surface area contributed by atoms with Gasteiger partial charge >= 0.3 is 0 Å². The van der Waals surface area contributed by atoms with Crippen molar-refractivity contribution in [3.8, 4) is 5.75 Å². The quantitative estimate of drug-likeness (QED) is 0.741. The summed E-state index contributed by atoms with van der Waals surface area (Å²) < 4.78 is 16.2. The fourth-order valence-corrected chi connectivity index (χ4v) is 1.44. The number of hydrogen-bond donors (Lipinski definition) is 1. The third kappa shape index (κ3) is 4.63. The smallest absolute Gasteiger partial charge is 0.126 e. The van der Waals surface area contributed by atoms with Gasteiger partial charge in [0.1, 0.15) is 5.75 Å². The molecular formula is C13H21NO3. The highest BCUT2D eigenvalue weighted by atomic mass is 16.5. The Kier molecular flexibility index (Phi) is 5.80. The minimum Gasteiger partial charge on any atom is -0.496 e. The van der Waals surface area contributed by atoms with E-state index in [0.717, 1.165) is 11.3 Å². The number of anilines is 1. The molecule has 1 aromatic carbocycles. The minimum atomic E-state index is 0.0669. The molecule has 0 saturated carbocycles. The molecule has 0 spiro atoms. The number of rotatable bonds is 7. The summed E-state index contributed by atoms with van der Waals surface area (Å²) in [5.74, 6) is 0.758. The van der Waals surface area contributed by atoms with E-state index in [-0.39, 0.29) is 6.10 Å². The van der Waals surface area contributed by atoms with Crippen LogP contribution < -0.4 is 10.5 Å². The third-order valence-corrected chi connectivity index (χ3v) is 2.39. The summed E-state index contributed by atoms with van der Waals surface area (Å²) in [4.78, 5) is 0. The van der Waals surface area contributed by atoms with Crippen LogP contribution in [-0.4, -0.2) is 26.4 Å². The molecule has 0 amide bonds. The molecule has 0 fully saturated rings. The van der Waals surface area contributed by atoms with Crippen LogP contribution >= 0.6 is 0 Å². The molecular weight excluding hydrogens is 218 g/mol. The monoisotopic (exact) mass is 239 g/mol. The molecule has 17 heavy (non-hydrogen) atoms. The lowest BCUT2D eigenvalue weighted by Crippen LogP contribution is -2.16. The molecule has 0 aromatic heterocycles. The van der Waals surface area contributed by atoms with Crippen molar-refractivity contribution in [2.75, 3.05) is 26.1 Å². The Morgan fingerprint density at radius 2 is 2.12 bits per heavy atom. The van der Waals surface area contributed by atoms with E-state index in [1.165, 1.54) is 0 Å². The summed E-state index contributed by atoms with van der Waals surface area (Å²) in [7, 11) is 1.63. The van der Waals surface area contributed by atoms with E-state index in [0.29, 0.717) is 25.5 Å². The van der Waals surface area contributed by atoms with Crippen LogP contribution in [0.5, 0.6) is 5.75 Å². The van der Waals surface area contributed by atoms with Crippen molar-refractivity contribution in [3.05, 3.63) is 23.8 Å². The maximum Gasteiger partial charge on any atom is 0.126 e. The molecule has 2 N–H and O–H groups in total. The van der Waals surface area contributed by atoms with Crippen LogP contribution in [0.1, 0.15) is 19.4 Å². The van der Waals surface area contributed by atoms with Crippen LogP contribution in [0.15, 0.2) is 18.2 Å². The summed E-state index contributed by atoms with van der Waals surface area (Å²) >= 11 is 0. The summed E-state index contributed by atoms with van der Waals surface area (Å²) in [5, 5.41) is 0. The molecule has 4 heteroatoms. The maximum atomic E-state index is 5.68. The van der Waals surface area contributed by atoms with Gasteiger partial charge < -0.3 is 19.9 Å². The van der Waals surface area contributed by atoms with Gasteiger partial charge in [0, 0.05) is 23.9 Å². The molecule has 1 aromatic rings. The predicted molar refractivity (Wildman–Crippen MR) is 68.2 cm³/mol. The van der Waals surface area contributed by atoms with E-state index < -0.39 is 0 Å². The Balaban J connectivity index is 2.50. The fraction of sp³-hybridized carbons (Fsp3) is 0.538. The van der Waals surface area contributed by atoms with Crippen molar-refractivity contribution >= 4 is 5.69 Å². The molecule has 0 bridgehead atoms. The van der Waals surface area contributed by atoms with Gasteiger partial charge in [0.15, 0.2) is 0 Å². The molecule has 1 atom stereocenters. The van der Waals surface area contributed by atoms with Gasteiger partial charge in [-0.15, -0.1) is 0 Å². The van der Waals surface area contributed by atoms with Crippen LogP contribution in [-0.2, 0) is 16.1 Å². The number of ether oxygens (including phenoxy) is 3. The third-order valence-electron chi connectivity index (χ3n) is 2.39. The number of benzene rings is 1. The van der Waals surface area contributed by atoms with Crippen molar-refractivity contribution < 1.29 is 14.2 Å². The van der Waals surface area contributed by atoms with Crippen molar-refractivity contribution in [2.24, 2.45) is 0 Å². The first-order chi connectivity index (χ1) is 8.17. The Hall–Kier alpha value is -1.26. The highest BCUT2D eigenvalue weighted by Crippen LogP contribution is 2.22. The first kappa shape index (κ1) is 13.8. The molecule has 0 aliphatic rings. The summed E-state index contributed by atoms with van der Waals surface area (Å²) in [6, 6.07) is 5.56. The Labute approximate surface area is 103 Å². The second-order valence-electron chi connectivity index (χ2n) is 3.85. The lowest BCUT2D eigenvalue weighted by atomic mass is 10.2. The molecule has 0 saturated heterocycles. The lowest BCUT2D eigenvalue weighted by Gasteiger charge is -2.14. The number of methoxy groups -OCH3 is 1. The zero-order chi connectivity index (χ0) is 12.7. The average molecular weight is 239 g/mol. The number of nitrogens with two attached hydrogens (primary N) is 1. The normalized spacial score (nSPS) is 12.4. The molecule has 0 aliphatic carbocycles. The predicted octanol–water partition coefficient (Wildman–Crippen LogP) is 2.22. The average Bonchev–Trinajstić information content (AvgIpc) is 2.34. The van der Waals surface area contributed by atoms with Gasteiger partial charge in [-0.25, -0.2) is 0 Å². The first-order valence-corrected chi connectivity index (χ1v) is 5.79. The first-order valence-electron chi connectivity index (χ1n) is 5.79.